The molecular formula is C11H15N3O. The molecule has 15 heavy (non-hydrogen) atoms. The Morgan fingerprint density at radius 3 is 2.60 bits per heavy atom. The minimum atomic E-state index is -0.0955. The third-order valence-electron chi connectivity index (χ3n) is 2.52. The molecule has 1 saturated heterocycles. The zero-order valence-corrected chi connectivity index (χ0v) is 8.66. The van der Waals surface area contributed by atoms with Crippen LogP contribution >= 0.6 is 0 Å². The van der Waals surface area contributed by atoms with E-state index in [0.717, 1.165) is 11.3 Å². The van der Waals surface area contributed by atoms with Gasteiger partial charge in [-0.2, -0.15) is 0 Å². The Bertz CT molecular complexity index is 361. The molecule has 4 nitrogen and oxygen atoms in total. The molecule has 0 spiro atoms. The van der Waals surface area contributed by atoms with Gasteiger partial charge in [0.2, 0.25) is 5.91 Å². The smallest absolute Gasteiger partial charge is 0.223 e. The van der Waals surface area contributed by atoms with Crippen molar-refractivity contribution in [2.75, 3.05) is 5.73 Å². The van der Waals surface area contributed by atoms with Crippen LogP contribution in [0.15, 0.2) is 24.3 Å². The van der Waals surface area contributed by atoms with E-state index in [9.17, 15) is 4.79 Å². The lowest BCUT2D eigenvalue weighted by molar-refractivity contribution is -0.124. The number of amides is 1. The highest BCUT2D eigenvalue weighted by atomic mass is 16.2. The van der Waals surface area contributed by atoms with Crippen molar-refractivity contribution >= 4 is 11.6 Å². The summed E-state index contributed by atoms with van der Waals surface area (Å²) in [7, 11) is 0. The van der Waals surface area contributed by atoms with Gasteiger partial charge in [-0.3, -0.25) is 10.1 Å². The summed E-state index contributed by atoms with van der Waals surface area (Å²) in [6.07, 6.45) is 0.438. The van der Waals surface area contributed by atoms with E-state index in [1.54, 1.807) is 0 Å². The van der Waals surface area contributed by atoms with E-state index >= 15 is 0 Å². The standard InChI is InChI=1S/C11H15N3O/c1-7-6-10(15)14-11(13-7)8-2-4-9(12)5-3-8/h2-5,7,11,13H,6,12H2,1H3,(H,14,15). The monoisotopic (exact) mass is 205 g/mol. The van der Waals surface area contributed by atoms with Gasteiger partial charge in [0.1, 0.15) is 6.17 Å². The Morgan fingerprint density at radius 2 is 2.00 bits per heavy atom. The Morgan fingerprint density at radius 1 is 1.33 bits per heavy atom. The maximum Gasteiger partial charge on any atom is 0.223 e. The second-order valence-electron chi connectivity index (χ2n) is 3.94. The number of carbonyl (C=O) groups is 1. The molecule has 1 amide bonds. The Labute approximate surface area is 88.9 Å². The molecule has 0 saturated carbocycles. The second kappa shape index (κ2) is 3.90. The lowest BCUT2D eigenvalue weighted by Crippen LogP contribution is -2.49. The van der Waals surface area contributed by atoms with Crippen molar-refractivity contribution in [2.24, 2.45) is 0 Å². The van der Waals surface area contributed by atoms with Gasteiger partial charge in [0.15, 0.2) is 0 Å². The predicted molar refractivity (Wildman–Crippen MR) is 59.0 cm³/mol. The highest BCUT2D eigenvalue weighted by molar-refractivity contribution is 5.77. The molecule has 2 atom stereocenters. The molecule has 0 radical (unpaired) electrons. The molecule has 2 unspecified atom stereocenters. The maximum atomic E-state index is 11.3. The summed E-state index contributed by atoms with van der Waals surface area (Å²) in [5, 5.41) is 6.20. The summed E-state index contributed by atoms with van der Waals surface area (Å²) in [5.74, 6) is 0.0862. The molecule has 80 valence electrons. The molecule has 0 aliphatic carbocycles. The minimum absolute atomic E-state index is 0.0862. The molecule has 4 N–H and O–H groups in total. The summed E-state index contributed by atoms with van der Waals surface area (Å²) in [4.78, 5) is 11.3. The first kappa shape index (κ1) is 9.98. The van der Waals surface area contributed by atoms with Crippen LogP contribution in [0, 0.1) is 0 Å². The van der Waals surface area contributed by atoms with Gasteiger partial charge in [-0.15, -0.1) is 0 Å². The molecule has 1 aromatic rings. The van der Waals surface area contributed by atoms with Gasteiger partial charge in [-0.05, 0) is 24.6 Å². The summed E-state index contributed by atoms with van der Waals surface area (Å²) in [6, 6.07) is 7.72. The van der Waals surface area contributed by atoms with Gasteiger partial charge in [0, 0.05) is 18.2 Å². The number of nitrogens with two attached hydrogens (primary N) is 1. The fraction of sp³-hybridized carbons (Fsp3) is 0.364. The first-order chi connectivity index (χ1) is 7.15. The first-order valence-electron chi connectivity index (χ1n) is 5.06. The summed E-state index contributed by atoms with van der Waals surface area (Å²) >= 11 is 0. The number of carbonyl (C=O) groups excluding carboxylic acids is 1. The van der Waals surface area contributed by atoms with Gasteiger partial charge in [-0.25, -0.2) is 0 Å². The van der Waals surface area contributed by atoms with Crippen molar-refractivity contribution in [3.05, 3.63) is 29.8 Å². The lowest BCUT2D eigenvalue weighted by atomic mass is 10.1. The van der Waals surface area contributed by atoms with Gasteiger partial charge in [-0.1, -0.05) is 12.1 Å². The molecule has 1 fully saturated rings. The van der Waals surface area contributed by atoms with Gasteiger partial charge < -0.3 is 11.1 Å². The second-order valence-corrected chi connectivity index (χ2v) is 3.94. The van der Waals surface area contributed by atoms with Crippen LogP contribution in [-0.2, 0) is 4.79 Å². The first-order valence-corrected chi connectivity index (χ1v) is 5.06. The Hall–Kier alpha value is -1.55. The SMILES string of the molecule is CC1CC(=O)NC(c2ccc(N)cc2)N1. The summed E-state index contributed by atoms with van der Waals surface area (Å²) < 4.78 is 0. The summed E-state index contributed by atoms with van der Waals surface area (Å²) in [6.45, 7) is 2.00. The topological polar surface area (TPSA) is 67.2 Å². The normalized spacial score (nSPS) is 26.1. The number of anilines is 1. The van der Waals surface area contributed by atoms with Crippen molar-refractivity contribution < 1.29 is 4.79 Å². The molecule has 1 aliphatic rings. The third kappa shape index (κ3) is 2.27. The van der Waals surface area contributed by atoms with Crippen LogP contribution in [0.4, 0.5) is 5.69 Å². The van der Waals surface area contributed by atoms with Crippen LogP contribution in [0.25, 0.3) is 0 Å². The van der Waals surface area contributed by atoms with E-state index in [-0.39, 0.29) is 18.1 Å². The molecule has 2 rings (SSSR count). The van der Waals surface area contributed by atoms with Crippen LogP contribution < -0.4 is 16.4 Å². The zero-order valence-electron chi connectivity index (χ0n) is 8.66. The van der Waals surface area contributed by atoms with Crippen molar-refractivity contribution in [1.29, 1.82) is 0 Å². The van der Waals surface area contributed by atoms with E-state index in [1.807, 2.05) is 31.2 Å². The van der Waals surface area contributed by atoms with Crippen molar-refractivity contribution in [1.82, 2.24) is 10.6 Å². The van der Waals surface area contributed by atoms with Crippen molar-refractivity contribution in [3.63, 3.8) is 0 Å². The maximum absolute atomic E-state index is 11.3. The van der Waals surface area contributed by atoms with E-state index < -0.39 is 0 Å². The molecule has 1 aliphatic heterocycles. The van der Waals surface area contributed by atoms with E-state index in [1.165, 1.54) is 0 Å². The van der Waals surface area contributed by atoms with Gasteiger partial charge in [0.05, 0.1) is 0 Å². The predicted octanol–water partition coefficient (Wildman–Crippen LogP) is 0.765. The van der Waals surface area contributed by atoms with Crippen LogP contribution in [0.1, 0.15) is 25.1 Å². The number of benzene rings is 1. The van der Waals surface area contributed by atoms with E-state index in [0.29, 0.717) is 6.42 Å². The van der Waals surface area contributed by atoms with Crippen LogP contribution in [0.2, 0.25) is 0 Å². The van der Waals surface area contributed by atoms with E-state index in [4.69, 9.17) is 5.73 Å². The lowest BCUT2D eigenvalue weighted by Gasteiger charge is -2.29. The quantitative estimate of drug-likeness (QED) is 0.593. The molecule has 0 bridgehead atoms. The van der Waals surface area contributed by atoms with Crippen molar-refractivity contribution in [3.8, 4) is 0 Å². The molecular weight excluding hydrogens is 190 g/mol. The van der Waals surface area contributed by atoms with Crippen LogP contribution in [-0.4, -0.2) is 11.9 Å². The van der Waals surface area contributed by atoms with Gasteiger partial charge >= 0.3 is 0 Å². The summed E-state index contributed by atoms with van der Waals surface area (Å²) in [5.41, 5.74) is 7.37. The molecule has 1 heterocycles. The van der Waals surface area contributed by atoms with Crippen LogP contribution in [0.5, 0.6) is 0 Å². The number of hydrogen-bond acceptors (Lipinski definition) is 3. The van der Waals surface area contributed by atoms with Crippen LogP contribution in [0.3, 0.4) is 0 Å². The highest BCUT2D eigenvalue weighted by Gasteiger charge is 2.23. The Balaban J connectivity index is 2.16. The fourth-order valence-electron chi connectivity index (χ4n) is 1.75. The van der Waals surface area contributed by atoms with Crippen molar-refractivity contribution in [2.45, 2.75) is 25.6 Å². The highest BCUT2D eigenvalue weighted by Crippen LogP contribution is 2.16. The molecule has 4 heteroatoms. The number of nitrogen functional groups attached to an aromatic ring is 1. The largest absolute Gasteiger partial charge is 0.399 e. The Kier molecular flexibility index (Phi) is 2.60. The molecule has 1 aromatic carbocycles. The van der Waals surface area contributed by atoms with Gasteiger partial charge in [0.25, 0.3) is 0 Å². The minimum Gasteiger partial charge on any atom is -0.399 e. The fourth-order valence-corrected chi connectivity index (χ4v) is 1.75. The third-order valence-corrected chi connectivity index (χ3v) is 2.52. The number of rotatable bonds is 1. The average Bonchev–Trinajstić information content (AvgIpc) is 2.17. The number of nitrogens with one attached hydrogen (secondary N) is 2. The average molecular weight is 205 g/mol. The molecule has 0 aromatic heterocycles. The zero-order chi connectivity index (χ0) is 10.8. The van der Waals surface area contributed by atoms with E-state index in [2.05, 4.69) is 10.6 Å². The number of hydrogen-bond donors (Lipinski definition) is 3.